The van der Waals surface area contributed by atoms with Crippen LogP contribution in [0.4, 0.5) is 17.1 Å². The molecule has 0 radical (unpaired) electrons. The topological polar surface area (TPSA) is 20.4 Å². The smallest absolute Gasteiger partial charge is 0.235 e. The molecule has 0 saturated carbocycles. The van der Waals surface area contributed by atoms with Gasteiger partial charge >= 0.3 is 0 Å². The van der Waals surface area contributed by atoms with E-state index in [4.69, 9.17) is 4.74 Å². The number of anilines is 1. The Labute approximate surface area is 266 Å². The lowest BCUT2D eigenvalue weighted by molar-refractivity contribution is 0.212. The van der Waals surface area contributed by atoms with Crippen molar-refractivity contribution in [1.29, 1.82) is 0 Å². The first-order valence-corrected chi connectivity index (χ1v) is 16.1. The number of hydrogen-bond donors (Lipinski definition) is 0. The lowest BCUT2D eigenvalue weighted by Crippen LogP contribution is -2.45. The van der Waals surface area contributed by atoms with E-state index in [0.29, 0.717) is 0 Å². The fourth-order valence-electron chi connectivity index (χ4n) is 8.48. The van der Waals surface area contributed by atoms with Gasteiger partial charge in [-0.05, 0) is 48.1 Å². The van der Waals surface area contributed by atoms with Gasteiger partial charge in [0, 0.05) is 69.6 Å². The number of hydrogen-bond acceptors (Lipinski definition) is 2. The molecule has 5 aromatic rings. The van der Waals surface area contributed by atoms with Crippen molar-refractivity contribution >= 4 is 44.6 Å². The number of para-hydroxylation sites is 4. The average molecular weight is 591 g/mol. The number of rotatable bonds is 2. The van der Waals surface area contributed by atoms with Crippen molar-refractivity contribution in [3.05, 3.63) is 179 Å². The maximum Gasteiger partial charge on any atom is 0.235 e. The molecule has 4 aromatic carbocycles. The molecule has 2 unspecified atom stereocenters. The summed E-state index contributed by atoms with van der Waals surface area (Å²) in [6.07, 6.45) is 18.6. The summed E-state index contributed by atoms with van der Waals surface area (Å²) in [4.78, 5) is 2.60. The first-order valence-electron chi connectivity index (χ1n) is 16.1. The van der Waals surface area contributed by atoms with Crippen molar-refractivity contribution in [2.75, 3.05) is 4.90 Å². The second-order valence-electron chi connectivity index (χ2n) is 12.7. The van der Waals surface area contributed by atoms with E-state index in [1.165, 1.54) is 78.3 Å². The molecule has 3 aliphatic heterocycles. The molecular weight excluding hydrogens is 562 g/mol. The molecule has 3 aliphatic carbocycles. The summed E-state index contributed by atoms with van der Waals surface area (Å²) in [6, 6.07) is 35.4. The summed E-state index contributed by atoms with van der Waals surface area (Å²) in [5.74, 6) is 1.03. The largest absolute Gasteiger partial charge is 0.481 e. The number of nitrogens with zero attached hydrogens (tertiary/aromatic N) is 3. The van der Waals surface area contributed by atoms with Crippen molar-refractivity contribution in [3.63, 3.8) is 0 Å². The fourth-order valence-corrected chi connectivity index (χ4v) is 8.48. The van der Waals surface area contributed by atoms with Gasteiger partial charge in [0.1, 0.15) is 23.6 Å². The lowest BCUT2D eigenvalue weighted by Gasteiger charge is -2.34. The summed E-state index contributed by atoms with van der Waals surface area (Å²) in [5.41, 5.74) is 15.1. The molecule has 2 atom stereocenters. The van der Waals surface area contributed by atoms with Crippen LogP contribution in [0.1, 0.15) is 6.42 Å². The van der Waals surface area contributed by atoms with E-state index in [2.05, 4.69) is 160 Å². The van der Waals surface area contributed by atoms with Crippen LogP contribution in [0.15, 0.2) is 179 Å². The van der Waals surface area contributed by atoms with Gasteiger partial charge in [0.15, 0.2) is 0 Å². The Bertz CT molecular complexity index is 2480. The minimum Gasteiger partial charge on any atom is -0.481 e. The molecule has 11 rings (SSSR count). The third-order valence-corrected chi connectivity index (χ3v) is 10.4. The van der Waals surface area contributed by atoms with Crippen LogP contribution in [-0.2, 0) is 4.74 Å². The molecule has 4 nitrogen and oxygen atoms in total. The fraction of sp³-hybridized carbons (Fsp3) is 0.0714. The normalized spacial score (nSPS) is 21.7. The van der Waals surface area contributed by atoms with E-state index in [1.807, 2.05) is 0 Å². The molecule has 1 aromatic heterocycles. The number of benzene rings is 4. The molecule has 0 bridgehead atoms. The minimum absolute atomic E-state index is 0.0244. The highest BCUT2D eigenvalue weighted by atomic mass is 16.5. The highest BCUT2D eigenvalue weighted by Crippen LogP contribution is 2.53. The van der Waals surface area contributed by atoms with Crippen LogP contribution in [0.25, 0.3) is 27.5 Å². The SMILES string of the molecule is C1=CC2=C3CC4=C(C=C3OC2C=C1)C1=CC=CC2=[N+](c3ccc5c(c3)c3ccccc3n5-c3ccccc3)c3ccccc3N4C12. The van der Waals surface area contributed by atoms with E-state index in [-0.39, 0.29) is 12.1 Å². The third-order valence-electron chi connectivity index (χ3n) is 10.4. The second kappa shape index (κ2) is 8.86. The Morgan fingerprint density at radius 2 is 1.61 bits per heavy atom. The summed E-state index contributed by atoms with van der Waals surface area (Å²) >= 11 is 0. The Kier molecular flexibility index (Phi) is 4.71. The minimum atomic E-state index is 0.0244. The van der Waals surface area contributed by atoms with Crippen LogP contribution in [0.3, 0.4) is 0 Å². The standard InChI is InChI=1S/C42H28N3O/c1-2-11-26(12-3-1)43-34-16-6-4-13-28(34)31-23-27(21-22-35(31)43)44-36-17-7-8-18-37(36)45-39-24-33-29-14-5-9-20-40(29)46-41(33)25-32(39)30-15-10-19-38(44)42(30)45/h1-23,25,40,42H,24H2/q+1. The molecule has 0 spiro atoms. The Morgan fingerprint density at radius 1 is 0.761 bits per heavy atom. The molecule has 46 heavy (non-hydrogen) atoms. The Balaban J connectivity index is 1.12. The van der Waals surface area contributed by atoms with Gasteiger partial charge in [-0.1, -0.05) is 78.9 Å². The molecule has 0 fully saturated rings. The Morgan fingerprint density at radius 3 is 2.57 bits per heavy atom. The predicted octanol–water partition coefficient (Wildman–Crippen LogP) is 9.12. The van der Waals surface area contributed by atoms with Crippen molar-refractivity contribution < 1.29 is 4.74 Å². The number of aromatic nitrogens is 1. The van der Waals surface area contributed by atoms with Crippen LogP contribution < -0.4 is 9.48 Å². The third kappa shape index (κ3) is 3.10. The number of ether oxygens (including phenoxy) is 1. The molecule has 6 aliphatic rings. The van der Waals surface area contributed by atoms with E-state index in [9.17, 15) is 0 Å². The number of allylic oxidation sites excluding steroid dienone is 7. The van der Waals surface area contributed by atoms with Crippen LogP contribution in [0.5, 0.6) is 0 Å². The van der Waals surface area contributed by atoms with Gasteiger partial charge in [0.2, 0.25) is 17.1 Å². The summed E-state index contributed by atoms with van der Waals surface area (Å²) in [7, 11) is 0. The summed E-state index contributed by atoms with van der Waals surface area (Å²) in [6.45, 7) is 0. The molecular formula is C42H28N3O+. The zero-order valence-electron chi connectivity index (χ0n) is 25.0. The van der Waals surface area contributed by atoms with Gasteiger partial charge in [-0.15, -0.1) is 0 Å². The van der Waals surface area contributed by atoms with Gasteiger partial charge in [0.25, 0.3) is 0 Å². The maximum atomic E-state index is 6.47. The van der Waals surface area contributed by atoms with Crippen LogP contribution in [-0.4, -0.2) is 22.4 Å². The van der Waals surface area contributed by atoms with Crippen LogP contribution in [0.2, 0.25) is 0 Å². The van der Waals surface area contributed by atoms with E-state index in [0.717, 1.165) is 12.2 Å². The van der Waals surface area contributed by atoms with Crippen molar-refractivity contribution in [2.45, 2.75) is 18.6 Å². The van der Waals surface area contributed by atoms with Gasteiger partial charge in [0.05, 0.1) is 11.0 Å². The zero-order chi connectivity index (χ0) is 29.9. The van der Waals surface area contributed by atoms with Crippen molar-refractivity contribution in [2.24, 2.45) is 0 Å². The first kappa shape index (κ1) is 24.5. The average Bonchev–Trinajstić information content (AvgIpc) is 3.76. The number of fused-ring (bicyclic) bond motifs is 9. The zero-order valence-corrected chi connectivity index (χ0v) is 25.0. The lowest BCUT2D eigenvalue weighted by atomic mass is 9.88. The van der Waals surface area contributed by atoms with E-state index < -0.39 is 0 Å². The quantitative estimate of drug-likeness (QED) is 0.191. The molecule has 216 valence electrons. The van der Waals surface area contributed by atoms with Gasteiger partial charge in [-0.2, -0.15) is 4.58 Å². The van der Waals surface area contributed by atoms with Crippen LogP contribution in [0, 0.1) is 0 Å². The summed E-state index contributed by atoms with van der Waals surface area (Å²) in [5, 5.41) is 2.51. The van der Waals surface area contributed by atoms with Gasteiger partial charge in [-0.25, -0.2) is 0 Å². The molecule has 0 saturated heterocycles. The monoisotopic (exact) mass is 590 g/mol. The van der Waals surface area contributed by atoms with Crippen LogP contribution >= 0.6 is 0 Å². The highest BCUT2D eigenvalue weighted by Gasteiger charge is 2.51. The molecule has 0 amide bonds. The van der Waals surface area contributed by atoms with Crippen molar-refractivity contribution in [3.8, 4) is 5.69 Å². The predicted molar refractivity (Wildman–Crippen MR) is 187 cm³/mol. The van der Waals surface area contributed by atoms with Gasteiger partial charge < -0.3 is 14.2 Å². The van der Waals surface area contributed by atoms with Gasteiger partial charge in [-0.3, -0.25) is 0 Å². The second-order valence-corrected chi connectivity index (χ2v) is 12.7. The molecule has 0 N–H and O–H groups in total. The van der Waals surface area contributed by atoms with E-state index in [1.54, 1.807) is 0 Å². The highest BCUT2D eigenvalue weighted by molar-refractivity contribution is 6.15. The first-order chi connectivity index (χ1) is 22.8. The van der Waals surface area contributed by atoms with Crippen molar-refractivity contribution in [1.82, 2.24) is 9.14 Å². The molecule has 4 heteroatoms. The Hall–Kier alpha value is -5.87. The molecule has 4 heterocycles. The maximum absolute atomic E-state index is 6.47. The summed E-state index contributed by atoms with van der Waals surface area (Å²) < 4.78 is 11.3. The van der Waals surface area contributed by atoms with E-state index >= 15 is 0 Å².